The lowest BCUT2D eigenvalue weighted by atomic mass is 10.1. The second-order valence-corrected chi connectivity index (χ2v) is 5.10. The van der Waals surface area contributed by atoms with Gasteiger partial charge in [0.15, 0.2) is 5.84 Å². The van der Waals surface area contributed by atoms with Crippen LogP contribution in [0.1, 0.15) is 5.56 Å². The first-order valence-corrected chi connectivity index (χ1v) is 6.36. The third-order valence-electron chi connectivity index (χ3n) is 3.49. The van der Waals surface area contributed by atoms with Gasteiger partial charge in [0.2, 0.25) is 6.20 Å². The van der Waals surface area contributed by atoms with Gasteiger partial charge in [-0.25, -0.2) is 4.99 Å². The molecule has 1 aromatic carbocycles. The maximum atomic E-state index is 12.2. The van der Waals surface area contributed by atoms with Gasteiger partial charge in [-0.1, -0.05) is 30.3 Å². The summed E-state index contributed by atoms with van der Waals surface area (Å²) in [5.41, 5.74) is 1.71. The molecule has 0 amide bonds. The third kappa shape index (κ3) is 2.17. The van der Waals surface area contributed by atoms with Gasteiger partial charge in [0.05, 0.1) is 13.2 Å². The SMILES string of the molecule is CN1CC2C(=NC(c3ccccc3)=C[N+]2=O)N(C)C1. The fraction of sp³-hybridized carbons (Fsp3) is 0.357. The molecular formula is C14H17N4O+. The number of benzene rings is 1. The molecule has 0 aromatic heterocycles. The highest BCUT2D eigenvalue weighted by Crippen LogP contribution is 2.23. The van der Waals surface area contributed by atoms with E-state index in [1.807, 2.05) is 49.3 Å². The Bertz CT molecular complexity index is 564. The zero-order valence-corrected chi connectivity index (χ0v) is 11.2. The molecule has 1 atom stereocenters. The summed E-state index contributed by atoms with van der Waals surface area (Å²) in [6.45, 7) is 1.51. The van der Waals surface area contributed by atoms with E-state index in [0.717, 1.165) is 28.5 Å². The molecule has 1 aromatic rings. The number of aliphatic imine (C=N–C) groups is 1. The molecule has 2 aliphatic heterocycles. The maximum Gasteiger partial charge on any atom is 0.276 e. The number of nitrogens with zero attached hydrogens (tertiary/aromatic N) is 4. The molecule has 5 heteroatoms. The van der Waals surface area contributed by atoms with Crippen LogP contribution in [0.5, 0.6) is 0 Å². The van der Waals surface area contributed by atoms with Crippen LogP contribution in [0.2, 0.25) is 0 Å². The molecular weight excluding hydrogens is 240 g/mol. The van der Waals surface area contributed by atoms with Crippen molar-refractivity contribution in [1.82, 2.24) is 9.80 Å². The first kappa shape index (κ1) is 12.0. The van der Waals surface area contributed by atoms with E-state index < -0.39 is 0 Å². The van der Waals surface area contributed by atoms with E-state index in [4.69, 9.17) is 0 Å². The van der Waals surface area contributed by atoms with E-state index in [9.17, 15) is 4.91 Å². The molecule has 5 nitrogen and oxygen atoms in total. The molecule has 0 N–H and O–H groups in total. The van der Waals surface area contributed by atoms with Crippen molar-refractivity contribution in [2.75, 3.05) is 27.3 Å². The van der Waals surface area contributed by atoms with Crippen molar-refractivity contribution in [2.24, 2.45) is 4.99 Å². The van der Waals surface area contributed by atoms with Crippen LogP contribution in [0.4, 0.5) is 0 Å². The predicted octanol–water partition coefficient (Wildman–Crippen LogP) is 1.38. The largest absolute Gasteiger partial charge is 0.344 e. The Kier molecular flexibility index (Phi) is 2.91. The van der Waals surface area contributed by atoms with Crippen molar-refractivity contribution in [3.8, 4) is 0 Å². The molecule has 1 fully saturated rings. The number of rotatable bonds is 1. The number of hydrogen-bond acceptors (Lipinski definition) is 4. The van der Waals surface area contributed by atoms with Crippen LogP contribution in [0.15, 0.2) is 41.5 Å². The molecule has 19 heavy (non-hydrogen) atoms. The van der Waals surface area contributed by atoms with Gasteiger partial charge < -0.3 is 4.90 Å². The fourth-order valence-electron chi connectivity index (χ4n) is 2.59. The summed E-state index contributed by atoms with van der Waals surface area (Å²) in [5.74, 6) is 0.856. The average molecular weight is 257 g/mol. The van der Waals surface area contributed by atoms with E-state index in [1.165, 1.54) is 0 Å². The zero-order chi connectivity index (χ0) is 13.4. The van der Waals surface area contributed by atoms with E-state index >= 15 is 0 Å². The molecule has 3 rings (SSSR count). The molecule has 0 bridgehead atoms. The van der Waals surface area contributed by atoms with E-state index in [2.05, 4.69) is 9.89 Å². The average Bonchev–Trinajstić information content (AvgIpc) is 2.41. The van der Waals surface area contributed by atoms with Crippen LogP contribution >= 0.6 is 0 Å². The molecule has 2 aliphatic rings. The zero-order valence-electron chi connectivity index (χ0n) is 11.2. The third-order valence-corrected chi connectivity index (χ3v) is 3.49. The van der Waals surface area contributed by atoms with Crippen molar-refractivity contribution >= 4 is 11.5 Å². The Morgan fingerprint density at radius 2 is 2.00 bits per heavy atom. The highest BCUT2D eigenvalue weighted by Gasteiger charge is 2.41. The van der Waals surface area contributed by atoms with Crippen molar-refractivity contribution in [2.45, 2.75) is 6.04 Å². The molecule has 1 saturated heterocycles. The molecule has 2 heterocycles. The lowest BCUT2D eigenvalue weighted by molar-refractivity contribution is -0.506. The Hall–Kier alpha value is -2.01. The molecule has 0 saturated carbocycles. The summed E-state index contributed by atoms with van der Waals surface area (Å²) in [7, 11) is 3.99. The van der Waals surface area contributed by atoms with Gasteiger partial charge in [0.25, 0.3) is 6.04 Å². The number of amidine groups is 1. The van der Waals surface area contributed by atoms with Crippen LogP contribution in [0.25, 0.3) is 5.70 Å². The van der Waals surface area contributed by atoms with Gasteiger partial charge in [0.1, 0.15) is 5.70 Å². The van der Waals surface area contributed by atoms with Crippen molar-refractivity contribution < 1.29 is 4.76 Å². The highest BCUT2D eigenvalue weighted by atomic mass is 16.3. The lowest BCUT2D eigenvalue weighted by Crippen LogP contribution is -2.56. The van der Waals surface area contributed by atoms with E-state index in [1.54, 1.807) is 6.20 Å². The van der Waals surface area contributed by atoms with Crippen LogP contribution in [0.3, 0.4) is 0 Å². The summed E-state index contributed by atoms with van der Waals surface area (Å²) in [5, 5.41) is 0. The molecule has 1 unspecified atom stereocenters. The van der Waals surface area contributed by atoms with E-state index in [-0.39, 0.29) is 6.04 Å². The predicted molar refractivity (Wildman–Crippen MR) is 74.5 cm³/mol. The molecule has 0 aliphatic carbocycles. The Morgan fingerprint density at radius 3 is 2.74 bits per heavy atom. The smallest absolute Gasteiger partial charge is 0.276 e. The Balaban J connectivity index is 1.99. The van der Waals surface area contributed by atoms with Crippen molar-refractivity contribution in [3.63, 3.8) is 0 Å². The van der Waals surface area contributed by atoms with Gasteiger partial charge >= 0.3 is 0 Å². The van der Waals surface area contributed by atoms with Crippen LogP contribution < -0.4 is 0 Å². The second-order valence-electron chi connectivity index (χ2n) is 5.10. The highest BCUT2D eigenvalue weighted by molar-refractivity contribution is 5.92. The van der Waals surface area contributed by atoms with Crippen LogP contribution in [-0.4, -0.2) is 53.7 Å². The normalized spacial score (nSPS) is 23.8. The van der Waals surface area contributed by atoms with E-state index in [0.29, 0.717) is 6.54 Å². The summed E-state index contributed by atoms with van der Waals surface area (Å²) < 4.78 is 1.02. The lowest BCUT2D eigenvalue weighted by Gasteiger charge is -2.35. The van der Waals surface area contributed by atoms with Gasteiger partial charge in [-0.05, 0) is 7.05 Å². The minimum absolute atomic E-state index is 0.198. The standard InChI is InChI=1S/C14H17N4O/c1-16-9-13-14(17(2)10-16)15-12(8-18(13)19)11-6-4-3-5-7-11/h3-8,13H,9-10H2,1-2H3/q+1. The summed E-state index contributed by atoms with van der Waals surface area (Å²) in [6.07, 6.45) is 1.59. The van der Waals surface area contributed by atoms with Crippen LogP contribution in [0, 0.1) is 4.91 Å². The van der Waals surface area contributed by atoms with Gasteiger partial charge in [-0.3, -0.25) is 4.90 Å². The van der Waals surface area contributed by atoms with Crippen molar-refractivity contribution in [1.29, 1.82) is 0 Å². The Morgan fingerprint density at radius 1 is 1.26 bits per heavy atom. The quantitative estimate of drug-likeness (QED) is 0.713. The van der Waals surface area contributed by atoms with Gasteiger partial charge in [-0.2, -0.15) is 0 Å². The number of nitroso groups, excluding NO2 is 1. The summed E-state index contributed by atoms with van der Waals surface area (Å²) in [6, 6.07) is 9.61. The number of hydrogen-bond donors (Lipinski definition) is 0. The minimum Gasteiger partial charge on any atom is -0.344 e. The Labute approximate surface area is 112 Å². The topological polar surface area (TPSA) is 38.9 Å². The number of fused-ring (bicyclic) bond motifs is 1. The molecule has 0 spiro atoms. The first-order chi connectivity index (χ1) is 9.15. The van der Waals surface area contributed by atoms with Crippen LogP contribution in [-0.2, 0) is 0 Å². The molecule has 98 valence electrons. The monoisotopic (exact) mass is 257 g/mol. The minimum atomic E-state index is -0.198. The number of likely N-dealkylation sites (N-methyl/N-ethyl adjacent to an activating group) is 2. The molecule has 0 radical (unpaired) electrons. The van der Waals surface area contributed by atoms with Gasteiger partial charge in [-0.15, -0.1) is 0 Å². The second kappa shape index (κ2) is 4.59. The summed E-state index contributed by atoms with van der Waals surface area (Å²) >= 11 is 0. The maximum absolute atomic E-state index is 12.2. The first-order valence-electron chi connectivity index (χ1n) is 6.36. The fourth-order valence-corrected chi connectivity index (χ4v) is 2.59. The summed E-state index contributed by atoms with van der Waals surface area (Å²) in [4.78, 5) is 21.0. The van der Waals surface area contributed by atoms with Gasteiger partial charge in [0, 0.05) is 22.3 Å². The van der Waals surface area contributed by atoms with Crippen molar-refractivity contribution in [3.05, 3.63) is 47.0 Å².